The zero-order chi connectivity index (χ0) is 10.8. The maximum atomic E-state index is 5.50. The fourth-order valence-corrected chi connectivity index (χ4v) is 0.998. The lowest BCUT2D eigenvalue weighted by atomic mass is 10.2. The largest absolute Gasteiger partial charge is 0.359 e. The molecule has 0 amide bonds. The van der Waals surface area contributed by atoms with Crippen LogP contribution in [0.3, 0.4) is 0 Å². The summed E-state index contributed by atoms with van der Waals surface area (Å²) in [7, 11) is 0. The Bertz CT molecular complexity index is 239. The summed E-state index contributed by atoms with van der Waals surface area (Å²) in [5.74, 6) is 0. The second-order valence-corrected chi connectivity index (χ2v) is 2.84. The van der Waals surface area contributed by atoms with Crippen LogP contribution in [-0.4, -0.2) is 12.9 Å². The summed E-state index contributed by atoms with van der Waals surface area (Å²) in [6, 6.07) is 0. The van der Waals surface area contributed by atoms with Gasteiger partial charge in [-0.3, -0.25) is 4.99 Å². The van der Waals surface area contributed by atoms with E-state index in [1.165, 1.54) is 6.42 Å². The van der Waals surface area contributed by atoms with Crippen LogP contribution in [0.2, 0.25) is 0 Å². The average Bonchev–Trinajstić information content (AvgIpc) is 2.30. The Labute approximate surface area is 86.1 Å². The number of allylic oxidation sites excluding steroid dienone is 3. The van der Waals surface area contributed by atoms with Gasteiger partial charge in [0.15, 0.2) is 0 Å². The van der Waals surface area contributed by atoms with Crippen molar-refractivity contribution < 1.29 is 0 Å². The van der Waals surface area contributed by atoms with Crippen LogP contribution < -0.4 is 5.32 Å². The normalized spacial score (nSPS) is 16.7. The lowest BCUT2D eigenvalue weighted by molar-refractivity contribution is 0.927. The molecule has 2 N–H and O–H groups in total. The highest BCUT2D eigenvalue weighted by molar-refractivity contribution is 5.79. The number of nitrogens with zero attached hydrogens (tertiary/aromatic N) is 1. The summed E-state index contributed by atoms with van der Waals surface area (Å²) in [6.07, 6.45) is 9.33. The molecule has 0 aliphatic carbocycles. The molecule has 1 rings (SSSR count). The van der Waals surface area contributed by atoms with Gasteiger partial charge in [0.25, 0.3) is 0 Å². The third-order valence-corrected chi connectivity index (χ3v) is 1.79. The quantitative estimate of drug-likeness (QED) is 0.665. The molecule has 0 saturated carbocycles. The summed E-state index contributed by atoms with van der Waals surface area (Å²) >= 11 is 0. The van der Waals surface area contributed by atoms with Crippen molar-refractivity contribution in [1.29, 1.82) is 5.41 Å². The third kappa shape index (κ3) is 4.60. The van der Waals surface area contributed by atoms with Gasteiger partial charge in [-0.05, 0) is 19.6 Å². The number of nitrogens with one attached hydrogen (secondary N) is 2. The van der Waals surface area contributed by atoms with E-state index in [-0.39, 0.29) is 0 Å². The minimum Gasteiger partial charge on any atom is -0.359 e. The molecule has 0 aromatic heterocycles. The van der Waals surface area contributed by atoms with E-state index in [1.54, 1.807) is 0 Å². The minimum atomic E-state index is 0.991. The fourth-order valence-electron chi connectivity index (χ4n) is 0.998. The molecule has 1 aliphatic heterocycles. The summed E-state index contributed by atoms with van der Waals surface area (Å²) in [5.41, 5.74) is 2.23. The van der Waals surface area contributed by atoms with Crippen molar-refractivity contribution in [2.24, 2.45) is 4.99 Å². The molecule has 0 saturated heterocycles. The molecule has 0 spiro atoms. The van der Waals surface area contributed by atoms with E-state index >= 15 is 0 Å². The highest BCUT2D eigenvalue weighted by Crippen LogP contribution is 2.06. The Hall–Kier alpha value is -1.38. The van der Waals surface area contributed by atoms with Crippen LogP contribution in [0.25, 0.3) is 0 Å². The van der Waals surface area contributed by atoms with Crippen molar-refractivity contribution in [3.05, 3.63) is 23.7 Å². The summed E-state index contributed by atoms with van der Waals surface area (Å²) in [5, 5.41) is 8.70. The number of rotatable bonds is 3. The van der Waals surface area contributed by atoms with Gasteiger partial charge in [0.1, 0.15) is 0 Å². The summed E-state index contributed by atoms with van der Waals surface area (Å²) in [4.78, 5) is 4.29. The Morgan fingerprint density at radius 3 is 2.64 bits per heavy atom. The van der Waals surface area contributed by atoms with Gasteiger partial charge in [-0.25, -0.2) is 0 Å². The second-order valence-electron chi connectivity index (χ2n) is 2.84. The zero-order valence-corrected chi connectivity index (χ0v) is 9.01. The van der Waals surface area contributed by atoms with E-state index in [0.29, 0.717) is 0 Å². The van der Waals surface area contributed by atoms with E-state index < -0.39 is 0 Å². The number of unbranched alkanes of at least 4 members (excludes halogenated alkanes) is 1. The van der Waals surface area contributed by atoms with Gasteiger partial charge in [0.2, 0.25) is 0 Å². The van der Waals surface area contributed by atoms with Crippen molar-refractivity contribution in [2.75, 3.05) is 0 Å². The second kappa shape index (κ2) is 8.23. The maximum Gasteiger partial charge on any atom is 0.0561 e. The first kappa shape index (κ1) is 12.6. The molecule has 0 radical (unpaired) electrons. The molecule has 0 fully saturated rings. The Morgan fingerprint density at radius 1 is 1.50 bits per heavy atom. The first-order valence-electron chi connectivity index (χ1n) is 4.92. The molecule has 0 unspecified atom stereocenters. The zero-order valence-electron chi connectivity index (χ0n) is 9.01. The van der Waals surface area contributed by atoms with E-state index in [9.17, 15) is 0 Å². The van der Waals surface area contributed by atoms with Gasteiger partial charge in [0, 0.05) is 6.20 Å². The molecular weight excluding hydrogens is 174 g/mol. The Balaban J connectivity index is 0.000000791. The Kier molecular flexibility index (Phi) is 7.42. The monoisotopic (exact) mass is 193 g/mol. The summed E-state index contributed by atoms with van der Waals surface area (Å²) in [6.45, 7) is 6.77. The number of hydrogen-bond acceptors (Lipinski definition) is 3. The predicted molar refractivity (Wildman–Crippen MR) is 62.8 cm³/mol. The van der Waals surface area contributed by atoms with Crippen LogP contribution >= 0.6 is 0 Å². The SMILES string of the molecule is C=N.CCC/C=C1/C=NC(CC)=CN1. The van der Waals surface area contributed by atoms with Crippen molar-refractivity contribution in [3.63, 3.8) is 0 Å². The van der Waals surface area contributed by atoms with Gasteiger partial charge >= 0.3 is 0 Å². The lowest BCUT2D eigenvalue weighted by Gasteiger charge is -2.08. The molecule has 0 aromatic carbocycles. The van der Waals surface area contributed by atoms with E-state index in [4.69, 9.17) is 5.41 Å². The molecule has 78 valence electrons. The molecule has 1 aliphatic rings. The smallest absolute Gasteiger partial charge is 0.0561 e. The highest BCUT2D eigenvalue weighted by Gasteiger charge is 1.97. The lowest BCUT2D eigenvalue weighted by Crippen LogP contribution is -2.11. The molecule has 0 aromatic rings. The molecule has 14 heavy (non-hydrogen) atoms. The molecule has 3 nitrogen and oxygen atoms in total. The van der Waals surface area contributed by atoms with Crippen LogP contribution in [-0.2, 0) is 0 Å². The van der Waals surface area contributed by atoms with Crippen molar-refractivity contribution in [1.82, 2.24) is 5.32 Å². The van der Waals surface area contributed by atoms with Crippen LogP contribution in [0.5, 0.6) is 0 Å². The molecule has 0 atom stereocenters. The van der Waals surface area contributed by atoms with Crippen molar-refractivity contribution in [3.8, 4) is 0 Å². The van der Waals surface area contributed by atoms with Crippen LogP contribution in [0.15, 0.2) is 28.7 Å². The fraction of sp³-hybridized carbons (Fsp3) is 0.455. The van der Waals surface area contributed by atoms with E-state index in [1.807, 2.05) is 12.4 Å². The van der Waals surface area contributed by atoms with Crippen LogP contribution in [0.1, 0.15) is 33.1 Å². The van der Waals surface area contributed by atoms with Crippen LogP contribution in [0.4, 0.5) is 0 Å². The highest BCUT2D eigenvalue weighted by atomic mass is 14.9. The molecule has 0 bridgehead atoms. The first-order valence-corrected chi connectivity index (χ1v) is 4.92. The predicted octanol–water partition coefficient (Wildman–Crippen LogP) is 2.86. The topological polar surface area (TPSA) is 48.2 Å². The van der Waals surface area contributed by atoms with Gasteiger partial charge in [-0.1, -0.05) is 26.3 Å². The third-order valence-electron chi connectivity index (χ3n) is 1.79. The van der Waals surface area contributed by atoms with Crippen LogP contribution in [0, 0.1) is 5.41 Å². The Morgan fingerprint density at radius 2 is 2.21 bits per heavy atom. The number of hydrogen-bond donors (Lipinski definition) is 2. The standard InChI is InChI=1S/C10H16N2.CH3N/c1-3-5-6-10-8-11-9(4-2)7-12-10;1-2/h6-8,12H,3-5H2,1-2H3;2H,1H2/b10-6-;. The van der Waals surface area contributed by atoms with Gasteiger partial charge < -0.3 is 10.7 Å². The van der Waals surface area contributed by atoms with E-state index in [0.717, 1.165) is 24.2 Å². The van der Waals surface area contributed by atoms with Crippen molar-refractivity contribution >= 4 is 12.9 Å². The maximum absolute atomic E-state index is 5.50. The average molecular weight is 193 g/mol. The molecule has 3 heteroatoms. The van der Waals surface area contributed by atoms with Gasteiger partial charge in [-0.15, -0.1) is 0 Å². The summed E-state index contributed by atoms with van der Waals surface area (Å²) < 4.78 is 0. The molecular formula is C11H19N3. The van der Waals surface area contributed by atoms with E-state index in [2.05, 4.69) is 37.0 Å². The first-order chi connectivity index (χ1) is 6.86. The van der Waals surface area contributed by atoms with Gasteiger partial charge in [-0.2, -0.15) is 0 Å². The molecule has 1 heterocycles. The van der Waals surface area contributed by atoms with Crippen molar-refractivity contribution in [2.45, 2.75) is 33.1 Å². The number of aliphatic imine (C=N–C) groups is 1. The van der Waals surface area contributed by atoms with Gasteiger partial charge in [0.05, 0.1) is 17.6 Å². The minimum absolute atomic E-state index is 0.991.